The van der Waals surface area contributed by atoms with Crippen LogP contribution in [0.1, 0.15) is 19.3 Å². The van der Waals surface area contributed by atoms with Crippen LogP contribution in [0, 0.1) is 0 Å². The third-order valence-corrected chi connectivity index (χ3v) is 5.74. The second kappa shape index (κ2) is 7.54. The molecule has 2 aliphatic rings. The average Bonchev–Trinajstić information content (AvgIpc) is 2.60. The predicted octanol–water partition coefficient (Wildman–Crippen LogP) is 1.44. The van der Waals surface area contributed by atoms with E-state index in [1.54, 1.807) is 0 Å². The first-order chi connectivity index (χ1) is 8.36. The molecule has 1 amide bonds. The van der Waals surface area contributed by atoms with Crippen molar-refractivity contribution in [1.29, 1.82) is 0 Å². The van der Waals surface area contributed by atoms with Crippen molar-refractivity contribution in [2.45, 2.75) is 25.3 Å². The fourth-order valence-electron chi connectivity index (χ4n) is 2.25. The maximum absolute atomic E-state index is 11.4. The summed E-state index contributed by atoms with van der Waals surface area (Å²) in [5, 5.41) is 3.62. The van der Waals surface area contributed by atoms with Crippen molar-refractivity contribution in [3.63, 3.8) is 0 Å². The van der Waals surface area contributed by atoms with E-state index in [1.165, 1.54) is 23.0 Å². The molecule has 5 heteroatoms. The Morgan fingerprint density at radius 3 is 2.71 bits per heavy atom. The Morgan fingerprint density at radius 2 is 2.06 bits per heavy atom. The van der Waals surface area contributed by atoms with Crippen molar-refractivity contribution in [2.75, 3.05) is 42.6 Å². The minimum Gasteiger partial charge on any atom is -0.343 e. The molecule has 0 atom stereocenters. The number of amides is 1. The highest BCUT2D eigenvalue weighted by atomic mass is 32.2. The molecule has 2 heterocycles. The minimum atomic E-state index is 0.352. The van der Waals surface area contributed by atoms with E-state index in [0.29, 0.717) is 11.9 Å². The number of thioether (sulfide) groups is 2. The fourth-order valence-corrected chi connectivity index (χ4v) is 4.72. The van der Waals surface area contributed by atoms with Gasteiger partial charge in [0.1, 0.15) is 0 Å². The molecule has 2 aliphatic heterocycles. The van der Waals surface area contributed by atoms with Crippen LogP contribution in [0.15, 0.2) is 0 Å². The number of carbonyl (C=O) groups excluding carboxylic acids is 1. The normalized spacial score (nSPS) is 23.1. The molecular formula is C12H22N2OS2. The summed E-state index contributed by atoms with van der Waals surface area (Å²) in [7, 11) is 0. The lowest BCUT2D eigenvalue weighted by Gasteiger charge is -2.18. The lowest BCUT2D eigenvalue weighted by atomic mass is 10.3. The second-order valence-electron chi connectivity index (χ2n) is 4.64. The molecule has 2 saturated heterocycles. The van der Waals surface area contributed by atoms with Crippen LogP contribution in [0.25, 0.3) is 0 Å². The highest BCUT2D eigenvalue weighted by Crippen LogP contribution is 2.16. The standard InChI is InChI=1S/C12H22N2OS2/c15-12-3-1-5-14(12)6-2-4-13-11-9-16-7-8-17-10-11/h11,13H,1-10H2. The zero-order valence-corrected chi connectivity index (χ0v) is 12.0. The highest BCUT2D eigenvalue weighted by molar-refractivity contribution is 8.03. The Labute approximate surface area is 112 Å². The molecule has 0 aliphatic carbocycles. The molecule has 0 spiro atoms. The SMILES string of the molecule is O=C1CCCN1CCCNC1CSCCSC1. The van der Waals surface area contributed by atoms with Gasteiger partial charge in [0.15, 0.2) is 0 Å². The van der Waals surface area contributed by atoms with Gasteiger partial charge in [0, 0.05) is 48.6 Å². The summed E-state index contributed by atoms with van der Waals surface area (Å²) in [6, 6.07) is 0.668. The van der Waals surface area contributed by atoms with Crippen molar-refractivity contribution < 1.29 is 4.79 Å². The Kier molecular flexibility index (Phi) is 6.01. The van der Waals surface area contributed by atoms with Crippen LogP contribution in [0.5, 0.6) is 0 Å². The Balaban J connectivity index is 1.54. The number of hydrogen-bond donors (Lipinski definition) is 1. The molecule has 2 rings (SSSR count). The van der Waals surface area contributed by atoms with E-state index in [4.69, 9.17) is 0 Å². The van der Waals surface area contributed by atoms with Gasteiger partial charge in [-0.05, 0) is 19.4 Å². The second-order valence-corrected chi connectivity index (χ2v) is 6.94. The molecule has 1 N–H and O–H groups in total. The quantitative estimate of drug-likeness (QED) is 0.769. The molecule has 0 saturated carbocycles. The lowest BCUT2D eigenvalue weighted by Crippen LogP contribution is -2.36. The molecule has 0 bridgehead atoms. The first-order valence-electron chi connectivity index (χ1n) is 6.53. The third-order valence-electron chi connectivity index (χ3n) is 3.22. The predicted molar refractivity (Wildman–Crippen MR) is 76.9 cm³/mol. The Morgan fingerprint density at radius 1 is 1.29 bits per heavy atom. The molecule has 0 aromatic rings. The Bertz CT molecular complexity index is 243. The summed E-state index contributed by atoms with van der Waals surface area (Å²) in [5.41, 5.74) is 0. The van der Waals surface area contributed by atoms with E-state index in [-0.39, 0.29) is 0 Å². The molecule has 2 fully saturated rings. The van der Waals surface area contributed by atoms with Crippen molar-refractivity contribution >= 4 is 29.4 Å². The van der Waals surface area contributed by atoms with Crippen molar-refractivity contribution in [1.82, 2.24) is 10.2 Å². The van der Waals surface area contributed by atoms with Gasteiger partial charge in [0.25, 0.3) is 0 Å². The molecule has 3 nitrogen and oxygen atoms in total. The van der Waals surface area contributed by atoms with E-state index in [9.17, 15) is 4.79 Å². The molecule has 0 aromatic heterocycles. The summed E-state index contributed by atoms with van der Waals surface area (Å²) in [5.74, 6) is 5.44. The topological polar surface area (TPSA) is 32.3 Å². The summed E-state index contributed by atoms with van der Waals surface area (Å²) < 4.78 is 0. The molecule has 0 aromatic carbocycles. The van der Waals surface area contributed by atoms with Crippen LogP contribution in [0.4, 0.5) is 0 Å². The largest absolute Gasteiger partial charge is 0.343 e. The van der Waals surface area contributed by atoms with E-state index in [1.807, 2.05) is 4.90 Å². The van der Waals surface area contributed by atoms with E-state index >= 15 is 0 Å². The van der Waals surface area contributed by atoms with E-state index < -0.39 is 0 Å². The van der Waals surface area contributed by atoms with Gasteiger partial charge >= 0.3 is 0 Å². The molecule has 98 valence electrons. The van der Waals surface area contributed by atoms with E-state index in [0.717, 1.165) is 38.9 Å². The third kappa shape index (κ3) is 4.72. The summed E-state index contributed by atoms with van der Waals surface area (Å²) in [6.07, 6.45) is 2.92. The van der Waals surface area contributed by atoms with Gasteiger partial charge in [-0.25, -0.2) is 0 Å². The molecule has 0 unspecified atom stereocenters. The smallest absolute Gasteiger partial charge is 0.222 e. The molecule has 0 radical (unpaired) electrons. The van der Waals surface area contributed by atoms with Gasteiger partial charge in [-0.15, -0.1) is 0 Å². The average molecular weight is 274 g/mol. The van der Waals surface area contributed by atoms with Gasteiger partial charge in [-0.3, -0.25) is 4.79 Å². The van der Waals surface area contributed by atoms with Crippen LogP contribution < -0.4 is 5.32 Å². The van der Waals surface area contributed by atoms with Gasteiger partial charge in [0.2, 0.25) is 5.91 Å². The zero-order valence-electron chi connectivity index (χ0n) is 10.3. The van der Waals surface area contributed by atoms with Gasteiger partial charge in [-0.2, -0.15) is 23.5 Å². The summed E-state index contributed by atoms with van der Waals surface area (Å²) in [6.45, 7) is 2.97. The van der Waals surface area contributed by atoms with Gasteiger partial charge < -0.3 is 10.2 Å². The minimum absolute atomic E-state index is 0.352. The maximum atomic E-state index is 11.4. The van der Waals surface area contributed by atoms with Crippen LogP contribution >= 0.6 is 23.5 Å². The van der Waals surface area contributed by atoms with Gasteiger partial charge in [-0.1, -0.05) is 0 Å². The first-order valence-corrected chi connectivity index (χ1v) is 8.84. The van der Waals surface area contributed by atoms with Gasteiger partial charge in [0.05, 0.1) is 0 Å². The van der Waals surface area contributed by atoms with Crippen molar-refractivity contribution in [3.8, 4) is 0 Å². The number of likely N-dealkylation sites (tertiary alicyclic amines) is 1. The van der Waals surface area contributed by atoms with Crippen LogP contribution in [0.2, 0.25) is 0 Å². The summed E-state index contributed by atoms with van der Waals surface area (Å²) in [4.78, 5) is 13.4. The highest BCUT2D eigenvalue weighted by Gasteiger charge is 2.19. The monoisotopic (exact) mass is 274 g/mol. The van der Waals surface area contributed by atoms with Crippen LogP contribution in [-0.2, 0) is 4.79 Å². The fraction of sp³-hybridized carbons (Fsp3) is 0.917. The first kappa shape index (κ1) is 13.6. The maximum Gasteiger partial charge on any atom is 0.222 e. The number of rotatable bonds is 5. The lowest BCUT2D eigenvalue weighted by molar-refractivity contribution is -0.127. The van der Waals surface area contributed by atoms with Crippen LogP contribution in [0.3, 0.4) is 0 Å². The molecule has 17 heavy (non-hydrogen) atoms. The summed E-state index contributed by atoms with van der Waals surface area (Å²) >= 11 is 4.12. The number of nitrogens with zero attached hydrogens (tertiary/aromatic N) is 1. The number of hydrogen-bond acceptors (Lipinski definition) is 4. The van der Waals surface area contributed by atoms with Crippen molar-refractivity contribution in [3.05, 3.63) is 0 Å². The van der Waals surface area contributed by atoms with Crippen molar-refractivity contribution in [2.24, 2.45) is 0 Å². The van der Waals surface area contributed by atoms with Crippen LogP contribution in [-0.4, -0.2) is 59.5 Å². The number of nitrogens with one attached hydrogen (secondary N) is 1. The molecular weight excluding hydrogens is 252 g/mol. The Hall–Kier alpha value is 0.130. The zero-order chi connectivity index (χ0) is 11.9. The van der Waals surface area contributed by atoms with E-state index in [2.05, 4.69) is 28.8 Å². The number of carbonyl (C=O) groups is 1.